The minimum Gasteiger partial charge on any atom is -0.481 e. The molecule has 86 valence electrons. The van der Waals surface area contributed by atoms with Gasteiger partial charge in [-0.05, 0) is 6.07 Å². The fraction of sp³-hybridized carbons (Fsp3) is 0.300. The fourth-order valence-electron chi connectivity index (χ4n) is 1.35. The first-order chi connectivity index (χ1) is 7.76. The Kier molecular flexibility index (Phi) is 3.17. The van der Waals surface area contributed by atoms with E-state index in [0.29, 0.717) is 22.2 Å². The molecule has 0 spiro atoms. The van der Waals surface area contributed by atoms with Crippen molar-refractivity contribution >= 4 is 11.6 Å². The highest BCUT2D eigenvalue weighted by Crippen LogP contribution is 2.33. The number of hydrogen-bond donors (Lipinski definition) is 1. The van der Waals surface area contributed by atoms with Gasteiger partial charge in [0.1, 0.15) is 12.5 Å². The monoisotopic (exact) mass is 243 g/mol. The van der Waals surface area contributed by atoms with Crippen molar-refractivity contribution in [2.45, 2.75) is 12.9 Å². The summed E-state index contributed by atoms with van der Waals surface area (Å²) in [6.45, 7) is -0.250. The van der Waals surface area contributed by atoms with E-state index in [1.165, 1.54) is 19.6 Å². The van der Waals surface area contributed by atoms with Crippen molar-refractivity contribution in [3.05, 3.63) is 34.9 Å². The number of ether oxygens (including phenoxy) is 3. The van der Waals surface area contributed by atoms with Gasteiger partial charge in [-0.15, -0.1) is 0 Å². The molecule has 1 aromatic rings. The van der Waals surface area contributed by atoms with Gasteiger partial charge in [0.05, 0.1) is 30.0 Å². The summed E-state index contributed by atoms with van der Waals surface area (Å²) < 4.78 is 15.4. The van der Waals surface area contributed by atoms with Crippen LogP contribution in [0.5, 0.6) is 5.88 Å². The minimum absolute atomic E-state index is 0.250. The topological polar surface area (TPSA) is 60.8 Å². The van der Waals surface area contributed by atoms with Crippen molar-refractivity contribution in [2.24, 2.45) is 0 Å². The van der Waals surface area contributed by atoms with Gasteiger partial charge in [-0.3, -0.25) is 0 Å². The van der Waals surface area contributed by atoms with Crippen LogP contribution in [0.3, 0.4) is 0 Å². The number of hydrogen-bond acceptors (Lipinski definition) is 5. The molecular formula is C10H10ClNO4. The molecule has 1 aliphatic heterocycles. The second kappa shape index (κ2) is 4.59. The van der Waals surface area contributed by atoms with Crippen LogP contribution in [0.1, 0.15) is 17.5 Å². The molecule has 0 saturated heterocycles. The predicted octanol–water partition coefficient (Wildman–Crippen LogP) is 1.75. The van der Waals surface area contributed by atoms with E-state index in [2.05, 4.69) is 4.98 Å². The second-order valence-electron chi connectivity index (χ2n) is 3.05. The van der Waals surface area contributed by atoms with Crippen LogP contribution in [0.25, 0.3) is 0 Å². The van der Waals surface area contributed by atoms with Gasteiger partial charge >= 0.3 is 0 Å². The van der Waals surface area contributed by atoms with Gasteiger partial charge in [-0.1, -0.05) is 11.6 Å². The molecule has 0 unspecified atom stereocenters. The van der Waals surface area contributed by atoms with Crippen molar-refractivity contribution in [2.75, 3.05) is 7.11 Å². The van der Waals surface area contributed by atoms with Crippen LogP contribution in [-0.4, -0.2) is 17.2 Å². The molecule has 2 rings (SSSR count). The lowest BCUT2D eigenvalue weighted by molar-refractivity contribution is -0.0265. The van der Waals surface area contributed by atoms with Crippen LogP contribution in [0.2, 0.25) is 5.02 Å². The maximum atomic E-state index is 9.02. The van der Waals surface area contributed by atoms with E-state index < -0.39 is 6.29 Å². The Morgan fingerprint density at radius 1 is 1.50 bits per heavy atom. The van der Waals surface area contributed by atoms with Crippen molar-refractivity contribution in [3.8, 4) is 5.88 Å². The Hall–Kier alpha value is -1.46. The fourth-order valence-corrected chi connectivity index (χ4v) is 1.57. The zero-order valence-corrected chi connectivity index (χ0v) is 9.27. The maximum Gasteiger partial charge on any atom is 0.271 e. The number of methoxy groups -OCH3 is 1. The predicted molar refractivity (Wildman–Crippen MR) is 55.8 cm³/mol. The van der Waals surface area contributed by atoms with Crippen molar-refractivity contribution in [1.29, 1.82) is 0 Å². The molecule has 0 saturated carbocycles. The molecule has 1 aliphatic rings. The summed E-state index contributed by atoms with van der Waals surface area (Å²) in [4.78, 5) is 4.06. The van der Waals surface area contributed by atoms with E-state index in [0.717, 1.165) is 0 Å². The smallest absolute Gasteiger partial charge is 0.271 e. The molecule has 6 heteroatoms. The van der Waals surface area contributed by atoms with Crippen LogP contribution >= 0.6 is 11.6 Å². The average Bonchev–Trinajstić information content (AvgIpc) is 2.82. The largest absolute Gasteiger partial charge is 0.481 e. The van der Waals surface area contributed by atoms with Gasteiger partial charge in [0.15, 0.2) is 0 Å². The molecule has 0 aromatic carbocycles. The third-order valence-corrected chi connectivity index (χ3v) is 2.43. The summed E-state index contributed by atoms with van der Waals surface area (Å²) in [7, 11) is 1.48. The quantitative estimate of drug-likeness (QED) is 0.876. The Bertz CT molecular complexity index is 414. The molecule has 16 heavy (non-hydrogen) atoms. The Morgan fingerprint density at radius 3 is 2.75 bits per heavy atom. The average molecular weight is 244 g/mol. The number of aliphatic hydroxyl groups excluding tert-OH is 1. The number of aliphatic hydroxyl groups is 1. The normalized spacial score (nSPS) is 14.7. The lowest BCUT2D eigenvalue weighted by Gasteiger charge is -2.14. The lowest BCUT2D eigenvalue weighted by atomic mass is 10.2. The molecule has 5 nitrogen and oxygen atoms in total. The summed E-state index contributed by atoms with van der Waals surface area (Å²) >= 11 is 5.93. The summed E-state index contributed by atoms with van der Waals surface area (Å²) in [5.41, 5.74) is 0.933. The first kappa shape index (κ1) is 11.0. The summed E-state index contributed by atoms with van der Waals surface area (Å²) in [5, 5.41) is 9.36. The highest BCUT2D eigenvalue weighted by Gasteiger charge is 2.23. The Morgan fingerprint density at radius 2 is 2.19 bits per heavy atom. The van der Waals surface area contributed by atoms with E-state index in [9.17, 15) is 0 Å². The molecule has 0 atom stereocenters. The number of halogens is 1. The number of rotatable bonds is 3. The first-order valence-corrected chi connectivity index (χ1v) is 4.94. The van der Waals surface area contributed by atoms with Crippen LogP contribution in [0, 0.1) is 0 Å². The Labute approximate surface area is 97.2 Å². The van der Waals surface area contributed by atoms with Crippen LogP contribution in [0.4, 0.5) is 0 Å². The second-order valence-corrected chi connectivity index (χ2v) is 3.46. The molecule has 2 heterocycles. The maximum absolute atomic E-state index is 9.02. The molecule has 0 aliphatic carbocycles. The highest BCUT2D eigenvalue weighted by atomic mass is 35.5. The first-order valence-electron chi connectivity index (χ1n) is 4.56. The lowest BCUT2D eigenvalue weighted by Crippen LogP contribution is -2.05. The van der Waals surface area contributed by atoms with E-state index >= 15 is 0 Å². The van der Waals surface area contributed by atoms with Gasteiger partial charge in [-0.2, -0.15) is 0 Å². The zero-order chi connectivity index (χ0) is 11.5. The molecule has 1 N–H and O–H groups in total. The Balaban J connectivity index is 2.39. The molecule has 1 aromatic heterocycles. The van der Waals surface area contributed by atoms with Crippen molar-refractivity contribution < 1.29 is 19.3 Å². The molecule has 0 amide bonds. The highest BCUT2D eigenvalue weighted by molar-refractivity contribution is 6.31. The standard InChI is InChI=1S/C10H10ClNO4/c1-14-9-6(10-15-2-3-16-10)4-7(11)8(5-13)12-9/h2-4,10,13H,5H2,1H3. The molecule has 0 fully saturated rings. The van der Waals surface area contributed by atoms with E-state index in [-0.39, 0.29) is 6.61 Å². The molecular weight excluding hydrogens is 234 g/mol. The summed E-state index contributed by atoms with van der Waals surface area (Å²) in [6, 6.07) is 1.61. The van der Waals surface area contributed by atoms with Gasteiger partial charge in [0.2, 0.25) is 5.88 Å². The van der Waals surface area contributed by atoms with E-state index in [1.807, 2.05) is 0 Å². The molecule has 0 bridgehead atoms. The van der Waals surface area contributed by atoms with Gasteiger partial charge in [0.25, 0.3) is 6.29 Å². The van der Waals surface area contributed by atoms with E-state index in [1.54, 1.807) is 6.07 Å². The SMILES string of the molecule is COc1nc(CO)c(Cl)cc1C1OC=CO1. The van der Waals surface area contributed by atoms with Crippen molar-refractivity contribution in [1.82, 2.24) is 4.98 Å². The third-order valence-electron chi connectivity index (χ3n) is 2.10. The van der Waals surface area contributed by atoms with Crippen LogP contribution in [0.15, 0.2) is 18.6 Å². The number of nitrogens with zero attached hydrogens (tertiary/aromatic N) is 1. The van der Waals surface area contributed by atoms with Gasteiger partial charge in [0, 0.05) is 0 Å². The van der Waals surface area contributed by atoms with E-state index in [4.69, 9.17) is 30.9 Å². The van der Waals surface area contributed by atoms with Crippen molar-refractivity contribution in [3.63, 3.8) is 0 Å². The van der Waals surface area contributed by atoms with Gasteiger partial charge < -0.3 is 19.3 Å². The van der Waals surface area contributed by atoms with Crippen LogP contribution in [-0.2, 0) is 16.1 Å². The third kappa shape index (κ3) is 1.91. The number of pyridine rings is 1. The zero-order valence-electron chi connectivity index (χ0n) is 8.51. The van der Waals surface area contributed by atoms with Crippen LogP contribution < -0.4 is 4.74 Å². The molecule has 0 radical (unpaired) electrons. The number of aromatic nitrogens is 1. The summed E-state index contributed by atoms with van der Waals surface area (Å²) in [5.74, 6) is 0.321. The minimum atomic E-state index is -0.604. The summed E-state index contributed by atoms with van der Waals surface area (Å²) in [6.07, 6.45) is 2.25. The van der Waals surface area contributed by atoms with Gasteiger partial charge in [-0.25, -0.2) is 4.98 Å².